The molecule has 0 radical (unpaired) electrons. The molecule has 0 fully saturated rings. The Morgan fingerprint density at radius 2 is 2.00 bits per heavy atom. The second-order valence-corrected chi connectivity index (χ2v) is 3.09. The number of aromatic nitrogens is 1. The number of halogens is 5. The Morgan fingerprint density at radius 3 is 2.37 bits per heavy atom. The Morgan fingerprint density at radius 1 is 1.42 bits per heavy atom. The van der Waals surface area contributed by atoms with Crippen molar-refractivity contribution in [2.24, 2.45) is 0 Å². The molecule has 1 aromatic rings. The van der Waals surface area contributed by atoms with E-state index in [4.69, 9.17) is 5.11 Å². The molecule has 10 heteroatoms. The molecule has 0 saturated heterocycles. The lowest BCUT2D eigenvalue weighted by molar-refractivity contribution is -0.276. The summed E-state index contributed by atoms with van der Waals surface area (Å²) in [4.78, 5) is 13.8. The third-order valence-corrected chi connectivity index (χ3v) is 1.86. The molecule has 1 rings (SSSR count). The van der Waals surface area contributed by atoms with Gasteiger partial charge in [-0.15, -0.1) is 13.2 Å². The largest absolute Gasteiger partial charge is 0.574 e. The van der Waals surface area contributed by atoms with E-state index in [1.165, 1.54) is 0 Å². The van der Waals surface area contributed by atoms with E-state index in [0.29, 0.717) is 6.07 Å². The van der Waals surface area contributed by atoms with E-state index in [0.717, 1.165) is 7.11 Å². The first kappa shape index (κ1) is 14.9. The highest BCUT2D eigenvalue weighted by Crippen LogP contribution is 2.34. The lowest BCUT2D eigenvalue weighted by atomic mass is 10.1. The minimum atomic E-state index is -5.27. The summed E-state index contributed by atoms with van der Waals surface area (Å²) in [5.41, 5.74) is -2.55. The van der Waals surface area contributed by atoms with Crippen LogP contribution in [0.1, 0.15) is 22.3 Å². The SMILES string of the molecule is COc1cc(C(F)F)c(C(=O)O)c(OC(F)(F)F)n1. The fraction of sp³-hybridized carbons (Fsp3) is 0.333. The third-order valence-electron chi connectivity index (χ3n) is 1.86. The molecular weight excluding hydrogens is 281 g/mol. The molecule has 0 aromatic carbocycles. The van der Waals surface area contributed by atoms with Gasteiger partial charge in [0.05, 0.1) is 7.11 Å². The van der Waals surface area contributed by atoms with Crippen molar-refractivity contribution in [3.8, 4) is 11.8 Å². The predicted octanol–water partition coefficient (Wildman–Crippen LogP) is 2.62. The number of aromatic carboxylic acids is 1. The maximum Gasteiger partial charge on any atom is 0.574 e. The Labute approximate surface area is 102 Å². The van der Waals surface area contributed by atoms with Crippen molar-refractivity contribution in [1.82, 2.24) is 4.98 Å². The number of nitrogens with zero attached hydrogens (tertiary/aromatic N) is 1. The van der Waals surface area contributed by atoms with Crippen molar-refractivity contribution in [1.29, 1.82) is 0 Å². The number of ether oxygens (including phenoxy) is 2. The zero-order chi connectivity index (χ0) is 14.8. The highest BCUT2D eigenvalue weighted by molar-refractivity contribution is 5.92. The van der Waals surface area contributed by atoms with Gasteiger partial charge in [-0.05, 0) is 0 Å². The number of hydrogen-bond donors (Lipinski definition) is 1. The van der Waals surface area contributed by atoms with Gasteiger partial charge in [0.25, 0.3) is 6.43 Å². The van der Waals surface area contributed by atoms with Gasteiger partial charge in [-0.3, -0.25) is 0 Å². The Bertz CT molecular complexity index is 488. The summed E-state index contributed by atoms with van der Waals surface area (Å²) in [6.07, 6.45) is -8.61. The number of alkyl halides is 5. The van der Waals surface area contributed by atoms with Gasteiger partial charge in [-0.1, -0.05) is 0 Å². The number of pyridine rings is 1. The molecule has 0 aliphatic heterocycles. The molecule has 1 heterocycles. The summed E-state index contributed by atoms with van der Waals surface area (Å²) in [5.74, 6) is -4.15. The van der Waals surface area contributed by atoms with Crippen molar-refractivity contribution >= 4 is 5.97 Å². The quantitative estimate of drug-likeness (QED) is 0.862. The number of carbonyl (C=O) groups is 1. The maximum absolute atomic E-state index is 12.6. The highest BCUT2D eigenvalue weighted by atomic mass is 19.4. The van der Waals surface area contributed by atoms with Crippen LogP contribution in [-0.4, -0.2) is 29.5 Å². The van der Waals surface area contributed by atoms with Gasteiger partial charge in [0, 0.05) is 11.6 Å². The van der Waals surface area contributed by atoms with Gasteiger partial charge in [0.1, 0.15) is 5.56 Å². The molecule has 0 aliphatic rings. The average Bonchev–Trinajstić information content (AvgIpc) is 2.24. The third kappa shape index (κ3) is 3.66. The van der Waals surface area contributed by atoms with E-state index in [9.17, 15) is 26.7 Å². The summed E-state index contributed by atoms with van der Waals surface area (Å²) in [6, 6.07) is 0.525. The van der Waals surface area contributed by atoms with Crippen LogP contribution in [0.3, 0.4) is 0 Å². The van der Waals surface area contributed by atoms with E-state index < -0.39 is 41.6 Å². The molecule has 5 nitrogen and oxygen atoms in total. The zero-order valence-corrected chi connectivity index (χ0v) is 9.16. The molecule has 0 aliphatic carbocycles. The van der Waals surface area contributed by atoms with E-state index in [-0.39, 0.29) is 0 Å². The summed E-state index contributed by atoms with van der Waals surface area (Å²) in [6.45, 7) is 0. The molecule has 1 aromatic heterocycles. The molecule has 106 valence electrons. The number of methoxy groups -OCH3 is 1. The van der Waals surface area contributed by atoms with Crippen LogP contribution >= 0.6 is 0 Å². The first-order chi connectivity index (χ1) is 8.65. The second-order valence-electron chi connectivity index (χ2n) is 3.09. The van der Waals surface area contributed by atoms with Crippen LogP contribution in [0, 0.1) is 0 Å². The lowest BCUT2D eigenvalue weighted by Gasteiger charge is -2.14. The first-order valence-electron chi connectivity index (χ1n) is 4.51. The van der Waals surface area contributed by atoms with Crippen molar-refractivity contribution < 1.29 is 41.3 Å². The van der Waals surface area contributed by atoms with E-state index in [2.05, 4.69) is 14.5 Å². The average molecular weight is 287 g/mol. The number of hydrogen-bond acceptors (Lipinski definition) is 4. The number of carboxylic acid groups (broad SMARTS) is 1. The van der Waals surface area contributed by atoms with E-state index in [1.54, 1.807) is 0 Å². The minimum Gasteiger partial charge on any atom is -0.481 e. The van der Waals surface area contributed by atoms with Gasteiger partial charge in [0.2, 0.25) is 11.8 Å². The minimum absolute atomic E-state index is 0.525. The molecule has 19 heavy (non-hydrogen) atoms. The fourth-order valence-corrected chi connectivity index (χ4v) is 1.19. The topological polar surface area (TPSA) is 68.7 Å². The van der Waals surface area contributed by atoms with Crippen molar-refractivity contribution in [2.75, 3.05) is 7.11 Å². The summed E-state index contributed by atoms with van der Waals surface area (Å²) >= 11 is 0. The van der Waals surface area contributed by atoms with Gasteiger partial charge in [0.15, 0.2) is 0 Å². The smallest absolute Gasteiger partial charge is 0.481 e. The lowest BCUT2D eigenvalue weighted by Crippen LogP contribution is -2.21. The van der Waals surface area contributed by atoms with Crippen molar-refractivity contribution in [3.63, 3.8) is 0 Å². The van der Waals surface area contributed by atoms with Gasteiger partial charge < -0.3 is 14.6 Å². The van der Waals surface area contributed by atoms with Crippen LogP contribution in [0.25, 0.3) is 0 Å². The molecular formula is C9H6F5NO4. The van der Waals surface area contributed by atoms with Crippen LogP contribution in [-0.2, 0) is 0 Å². The van der Waals surface area contributed by atoms with Crippen molar-refractivity contribution in [2.45, 2.75) is 12.8 Å². The van der Waals surface area contributed by atoms with Gasteiger partial charge in [-0.2, -0.15) is 4.98 Å². The normalized spacial score (nSPS) is 11.5. The summed E-state index contributed by atoms with van der Waals surface area (Å²) in [7, 11) is 0.968. The Hall–Kier alpha value is -2.13. The maximum atomic E-state index is 12.6. The van der Waals surface area contributed by atoms with Crippen LogP contribution in [0.4, 0.5) is 22.0 Å². The highest BCUT2D eigenvalue weighted by Gasteiger charge is 2.36. The molecule has 0 bridgehead atoms. The van der Waals surface area contributed by atoms with Gasteiger partial charge >= 0.3 is 12.3 Å². The first-order valence-corrected chi connectivity index (χ1v) is 4.51. The Balaban J connectivity index is 3.48. The van der Waals surface area contributed by atoms with E-state index in [1.807, 2.05) is 0 Å². The zero-order valence-electron chi connectivity index (χ0n) is 9.16. The second kappa shape index (κ2) is 5.24. The van der Waals surface area contributed by atoms with Crippen LogP contribution < -0.4 is 9.47 Å². The molecule has 0 atom stereocenters. The standard InChI is InChI=1S/C9H6F5NO4/c1-18-4-2-3(6(10)11)5(8(16)17)7(15-4)19-9(12,13)14/h2,6H,1H3,(H,16,17). The van der Waals surface area contributed by atoms with Crippen LogP contribution in [0.15, 0.2) is 6.07 Å². The van der Waals surface area contributed by atoms with E-state index >= 15 is 0 Å². The Kier molecular flexibility index (Phi) is 4.12. The summed E-state index contributed by atoms with van der Waals surface area (Å²) in [5, 5.41) is 8.69. The summed E-state index contributed by atoms with van der Waals surface area (Å²) < 4.78 is 69.2. The van der Waals surface area contributed by atoms with Gasteiger partial charge in [-0.25, -0.2) is 13.6 Å². The van der Waals surface area contributed by atoms with Crippen molar-refractivity contribution in [3.05, 3.63) is 17.2 Å². The molecule has 0 saturated carbocycles. The molecule has 0 unspecified atom stereocenters. The number of rotatable bonds is 4. The monoisotopic (exact) mass is 287 g/mol. The molecule has 1 N–H and O–H groups in total. The predicted molar refractivity (Wildman–Crippen MR) is 49.4 cm³/mol. The van der Waals surface area contributed by atoms with Crippen LogP contribution in [0.5, 0.6) is 11.8 Å². The van der Waals surface area contributed by atoms with Crippen LogP contribution in [0.2, 0.25) is 0 Å². The molecule has 0 spiro atoms. The number of carboxylic acids is 1. The fourth-order valence-electron chi connectivity index (χ4n) is 1.19. The molecule has 0 amide bonds.